The van der Waals surface area contributed by atoms with Crippen molar-refractivity contribution in [1.82, 2.24) is 4.90 Å². The maximum atomic E-state index is 13.9. The van der Waals surface area contributed by atoms with Crippen LogP contribution in [0.3, 0.4) is 0 Å². The van der Waals surface area contributed by atoms with Gasteiger partial charge in [-0.2, -0.15) is 0 Å². The van der Waals surface area contributed by atoms with Crippen LogP contribution in [0.25, 0.3) is 0 Å². The van der Waals surface area contributed by atoms with Crippen molar-refractivity contribution in [2.45, 2.75) is 0 Å². The second-order valence-corrected chi connectivity index (χ2v) is 8.70. The molecule has 1 heterocycles. The summed E-state index contributed by atoms with van der Waals surface area (Å²) in [6, 6.07) is 10.8. The third kappa shape index (κ3) is 4.96. The van der Waals surface area contributed by atoms with E-state index in [1.54, 1.807) is 29.2 Å². The van der Waals surface area contributed by atoms with Gasteiger partial charge in [-0.05, 0) is 42.5 Å². The van der Waals surface area contributed by atoms with Crippen LogP contribution in [-0.2, 0) is 0 Å². The molecule has 12 heteroatoms. The van der Waals surface area contributed by atoms with Crippen LogP contribution in [0.4, 0.5) is 33.3 Å². The maximum Gasteiger partial charge on any atom is 0.261 e. The minimum Gasteiger partial charge on any atom is -0.367 e. The summed E-state index contributed by atoms with van der Waals surface area (Å²) in [6.45, 7) is 1.73. The number of amides is 2. The summed E-state index contributed by atoms with van der Waals surface area (Å²) in [5.41, 5.74) is -0.536. The summed E-state index contributed by atoms with van der Waals surface area (Å²) < 4.78 is 67.9. The molecule has 5 nitrogen and oxygen atoms in total. The highest BCUT2D eigenvalue weighted by Crippen LogP contribution is 2.31. The van der Waals surface area contributed by atoms with Crippen molar-refractivity contribution >= 4 is 46.4 Å². The topological polar surface area (TPSA) is 52.7 Å². The first-order valence-corrected chi connectivity index (χ1v) is 11.3. The number of halogens is 7. The number of piperazine rings is 1. The predicted octanol–water partition coefficient (Wildman–Crippen LogP) is 5.90. The molecule has 3 aromatic rings. The van der Waals surface area contributed by atoms with Gasteiger partial charge in [-0.3, -0.25) is 9.59 Å². The van der Waals surface area contributed by atoms with E-state index < -0.39 is 40.6 Å². The Kier molecular flexibility index (Phi) is 7.37. The average molecular weight is 544 g/mol. The third-order valence-corrected chi connectivity index (χ3v) is 6.20. The maximum absolute atomic E-state index is 13.9. The number of nitrogens with one attached hydrogen (secondary N) is 1. The molecule has 0 radical (unpaired) electrons. The Morgan fingerprint density at radius 1 is 0.750 bits per heavy atom. The Hall–Kier alpha value is -3.37. The smallest absolute Gasteiger partial charge is 0.261 e. The van der Waals surface area contributed by atoms with E-state index >= 15 is 0 Å². The number of carbonyl (C=O) groups is 2. The molecule has 0 bridgehead atoms. The van der Waals surface area contributed by atoms with Gasteiger partial charge in [-0.15, -0.1) is 0 Å². The fourth-order valence-electron chi connectivity index (χ4n) is 3.76. The fraction of sp³-hybridized carbons (Fsp3) is 0.167. The summed E-state index contributed by atoms with van der Waals surface area (Å²) in [7, 11) is 0. The summed E-state index contributed by atoms with van der Waals surface area (Å²) in [5, 5.41) is 2.78. The largest absolute Gasteiger partial charge is 0.367 e. The molecule has 36 heavy (non-hydrogen) atoms. The molecule has 1 N–H and O–H groups in total. The van der Waals surface area contributed by atoms with Crippen LogP contribution in [0.1, 0.15) is 20.7 Å². The van der Waals surface area contributed by atoms with E-state index in [1.165, 1.54) is 18.2 Å². The lowest BCUT2D eigenvalue weighted by atomic mass is 10.1. The highest BCUT2D eigenvalue weighted by molar-refractivity contribution is 6.33. The van der Waals surface area contributed by atoms with Gasteiger partial charge in [0.25, 0.3) is 11.8 Å². The summed E-state index contributed by atoms with van der Waals surface area (Å²) in [6.07, 6.45) is 0. The molecule has 0 saturated carbocycles. The summed E-state index contributed by atoms with van der Waals surface area (Å²) >= 11 is 12.2. The molecule has 188 valence electrons. The molecule has 3 aromatic carbocycles. The van der Waals surface area contributed by atoms with E-state index in [9.17, 15) is 31.5 Å². The van der Waals surface area contributed by atoms with Crippen molar-refractivity contribution in [1.29, 1.82) is 0 Å². The van der Waals surface area contributed by atoms with Crippen LogP contribution in [-0.4, -0.2) is 42.9 Å². The van der Waals surface area contributed by atoms with E-state index in [1.807, 2.05) is 4.90 Å². The first-order chi connectivity index (χ1) is 17.1. The SMILES string of the molecule is O=C(Nc1ccc(N2CCN(C(=O)c3ccc(Cl)cc3)CC2)c(Cl)c1)c1c(F)c(F)c(F)c(F)c1F. The van der Waals surface area contributed by atoms with Crippen molar-refractivity contribution in [2.24, 2.45) is 0 Å². The zero-order valence-corrected chi connectivity index (χ0v) is 19.7. The monoisotopic (exact) mass is 543 g/mol. The van der Waals surface area contributed by atoms with E-state index in [-0.39, 0.29) is 16.6 Å². The lowest BCUT2D eigenvalue weighted by Crippen LogP contribution is -2.48. The molecular formula is C24H16Cl2F5N3O2. The fourth-order valence-corrected chi connectivity index (χ4v) is 4.19. The first-order valence-electron chi connectivity index (χ1n) is 10.5. The highest BCUT2D eigenvalue weighted by Gasteiger charge is 2.30. The number of hydrogen-bond acceptors (Lipinski definition) is 3. The van der Waals surface area contributed by atoms with Gasteiger partial charge in [-0.25, -0.2) is 22.0 Å². The standard InChI is InChI=1S/C24H16Cl2F5N3O2/c25-13-3-1-12(2-4-13)24(36)34-9-7-33(8-10-34)16-6-5-14(11-15(16)26)32-23(35)17-18(27)20(29)22(31)21(30)19(17)28/h1-6,11H,7-10H2,(H,32,35). The molecule has 1 fully saturated rings. The van der Waals surface area contributed by atoms with Gasteiger partial charge in [0.2, 0.25) is 5.82 Å². The number of hydrogen-bond donors (Lipinski definition) is 1. The van der Waals surface area contributed by atoms with Crippen LogP contribution in [0.5, 0.6) is 0 Å². The Labute approximate surface area is 212 Å². The van der Waals surface area contributed by atoms with Crippen LogP contribution in [0.2, 0.25) is 10.0 Å². The molecule has 0 atom stereocenters. The van der Waals surface area contributed by atoms with Crippen molar-refractivity contribution in [3.8, 4) is 0 Å². The van der Waals surface area contributed by atoms with E-state index in [2.05, 4.69) is 5.32 Å². The molecular weight excluding hydrogens is 528 g/mol. The third-order valence-electron chi connectivity index (χ3n) is 5.64. The van der Waals surface area contributed by atoms with Crippen LogP contribution < -0.4 is 10.2 Å². The molecule has 0 unspecified atom stereocenters. The van der Waals surface area contributed by atoms with Crippen LogP contribution in [0, 0.1) is 29.1 Å². The summed E-state index contributed by atoms with van der Waals surface area (Å²) in [4.78, 5) is 28.5. The normalized spacial score (nSPS) is 13.6. The van der Waals surface area contributed by atoms with Crippen molar-refractivity contribution in [2.75, 3.05) is 36.4 Å². The lowest BCUT2D eigenvalue weighted by Gasteiger charge is -2.36. The van der Waals surface area contributed by atoms with Crippen molar-refractivity contribution < 1.29 is 31.5 Å². The molecule has 0 aromatic heterocycles. The average Bonchev–Trinajstić information content (AvgIpc) is 2.87. The second kappa shape index (κ2) is 10.3. The number of nitrogens with zero attached hydrogens (tertiary/aromatic N) is 2. The second-order valence-electron chi connectivity index (χ2n) is 7.85. The zero-order chi connectivity index (χ0) is 26.1. The summed E-state index contributed by atoms with van der Waals surface area (Å²) in [5.74, 6) is -12.9. The van der Waals surface area contributed by atoms with Gasteiger partial charge in [0.15, 0.2) is 23.3 Å². The van der Waals surface area contributed by atoms with E-state index in [4.69, 9.17) is 23.2 Å². The first kappa shape index (κ1) is 25.7. The molecule has 1 aliphatic heterocycles. The van der Waals surface area contributed by atoms with Gasteiger partial charge in [0, 0.05) is 42.5 Å². The number of anilines is 2. The number of benzene rings is 3. The number of rotatable bonds is 4. The van der Waals surface area contributed by atoms with Gasteiger partial charge in [0.05, 0.1) is 10.7 Å². The van der Waals surface area contributed by atoms with Gasteiger partial charge in [-0.1, -0.05) is 23.2 Å². The Bertz CT molecular complexity index is 1320. The molecule has 1 aliphatic rings. The molecule has 0 aliphatic carbocycles. The van der Waals surface area contributed by atoms with Gasteiger partial charge < -0.3 is 15.1 Å². The van der Waals surface area contributed by atoms with Gasteiger partial charge >= 0.3 is 0 Å². The Balaban J connectivity index is 1.44. The molecule has 2 amide bonds. The van der Waals surface area contributed by atoms with Crippen LogP contribution in [0.15, 0.2) is 42.5 Å². The lowest BCUT2D eigenvalue weighted by molar-refractivity contribution is 0.0746. The Morgan fingerprint density at radius 3 is 1.86 bits per heavy atom. The molecule has 4 rings (SSSR count). The van der Waals surface area contributed by atoms with E-state index in [0.29, 0.717) is 42.5 Å². The Morgan fingerprint density at radius 2 is 1.31 bits per heavy atom. The van der Waals surface area contributed by atoms with Crippen molar-refractivity contribution in [3.05, 3.63) is 92.7 Å². The minimum atomic E-state index is -2.36. The number of carbonyl (C=O) groups excluding carboxylic acids is 2. The molecule has 0 spiro atoms. The van der Waals surface area contributed by atoms with Crippen molar-refractivity contribution in [3.63, 3.8) is 0 Å². The van der Waals surface area contributed by atoms with Gasteiger partial charge in [0.1, 0.15) is 5.56 Å². The van der Waals surface area contributed by atoms with E-state index in [0.717, 1.165) is 0 Å². The highest BCUT2D eigenvalue weighted by atomic mass is 35.5. The quantitative estimate of drug-likeness (QED) is 0.253. The molecule has 1 saturated heterocycles. The predicted molar refractivity (Wildman–Crippen MR) is 125 cm³/mol. The minimum absolute atomic E-state index is 0.0192. The zero-order valence-electron chi connectivity index (χ0n) is 18.2. The van der Waals surface area contributed by atoms with Crippen LogP contribution >= 0.6 is 23.2 Å².